The van der Waals surface area contributed by atoms with Crippen molar-refractivity contribution in [2.75, 3.05) is 19.7 Å². The molecule has 4 heteroatoms. The number of carbonyl (C=O) groups is 2. The molecule has 5 aliphatic carbocycles. The van der Waals surface area contributed by atoms with E-state index in [-0.39, 0.29) is 11.4 Å². The number of amides is 1. The molecule has 0 atom stereocenters. The molecule has 5 aliphatic rings. The Labute approximate surface area is 170 Å². The molecule has 0 heterocycles. The van der Waals surface area contributed by atoms with E-state index in [0.717, 1.165) is 50.0 Å². The van der Waals surface area contributed by atoms with Gasteiger partial charge in [0.25, 0.3) is 0 Å². The molecule has 0 aliphatic heterocycles. The first-order valence-electron chi connectivity index (χ1n) is 11.7. The Kier molecular flexibility index (Phi) is 6.13. The first-order chi connectivity index (χ1) is 13.6. The molecule has 0 aromatic carbocycles. The average molecular weight is 388 g/mol. The number of rotatable bonds is 8. The maximum absolute atomic E-state index is 13.8. The van der Waals surface area contributed by atoms with Gasteiger partial charge < -0.3 is 9.64 Å². The van der Waals surface area contributed by atoms with Crippen LogP contribution in [-0.2, 0) is 14.3 Å². The summed E-state index contributed by atoms with van der Waals surface area (Å²) in [6.45, 7) is 3.54. The lowest BCUT2D eigenvalue weighted by molar-refractivity contribution is -0.158. The number of nitrogens with zero attached hydrogens (tertiary/aromatic N) is 1. The van der Waals surface area contributed by atoms with Crippen molar-refractivity contribution in [1.82, 2.24) is 4.90 Å². The molecule has 4 saturated carbocycles. The minimum absolute atomic E-state index is 0.121. The van der Waals surface area contributed by atoms with Crippen LogP contribution in [0.4, 0.5) is 0 Å². The van der Waals surface area contributed by atoms with Crippen LogP contribution in [0.15, 0.2) is 11.6 Å². The molecule has 1 amide bonds. The fourth-order valence-corrected chi connectivity index (χ4v) is 6.89. The van der Waals surface area contributed by atoms with Crippen LogP contribution in [0, 0.1) is 23.2 Å². The Morgan fingerprint density at radius 1 is 1.07 bits per heavy atom. The Morgan fingerprint density at radius 2 is 1.75 bits per heavy atom. The number of hydrogen-bond donors (Lipinski definition) is 0. The van der Waals surface area contributed by atoms with Crippen molar-refractivity contribution in [1.29, 1.82) is 0 Å². The summed E-state index contributed by atoms with van der Waals surface area (Å²) in [6.07, 6.45) is 15.9. The third-order valence-corrected chi connectivity index (χ3v) is 7.76. The lowest BCUT2D eigenvalue weighted by atomic mass is 9.49. The molecule has 0 radical (unpaired) electrons. The molecule has 5 rings (SSSR count). The molecule has 4 bridgehead atoms. The Hall–Kier alpha value is -1.32. The van der Waals surface area contributed by atoms with Crippen LogP contribution >= 0.6 is 0 Å². The molecule has 0 spiro atoms. The largest absolute Gasteiger partial charge is 0.466 e. The number of esters is 1. The van der Waals surface area contributed by atoms with E-state index in [9.17, 15) is 9.59 Å². The van der Waals surface area contributed by atoms with Gasteiger partial charge in [0.2, 0.25) is 5.91 Å². The first kappa shape index (κ1) is 20.0. The molecule has 4 nitrogen and oxygen atoms in total. The molecule has 0 unspecified atom stereocenters. The maximum atomic E-state index is 13.8. The lowest BCUT2D eigenvalue weighted by Gasteiger charge is -2.56. The van der Waals surface area contributed by atoms with Crippen molar-refractivity contribution in [2.45, 2.75) is 84.0 Å². The van der Waals surface area contributed by atoms with Crippen molar-refractivity contribution in [2.24, 2.45) is 23.2 Å². The molecular formula is C24H37NO3. The molecular weight excluding hydrogens is 350 g/mol. The van der Waals surface area contributed by atoms with Crippen LogP contribution in [0.1, 0.15) is 84.0 Å². The van der Waals surface area contributed by atoms with Crippen LogP contribution in [0.5, 0.6) is 0 Å². The zero-order valence-electron chi connectivity index (χ0n) is 17.6. The molecule has 28 heavy (non-hydrogen) atoms. The number of ether oxygens (including phenoxy) is 1. The Balaban J connectivity index is 1.44. The molecule has 156 valence electrons. The fourth-order valence-electron chi connectivity index (χ4n) is 6.89. The minimum Gasteiger partial charge on any atom is -0.466 e. The van der Waals surface area contributed by atoms with E-state index in [0.29, 0.717) is 25.5 Å². The summed E-state index contributed by atoms with van der Waals surface area (Å²) in [5.74, 6) is 2.48. The topological polar surface area (TPSA) is 46.6 Å². The van der Waals surface area contributed by atoms with Crippen molar-refractivity contribution in [3.63, 3.8) is 0 Å². The maximum Gasteiger partial charge on any atom is 0.307 e. The van der Waals surface area contributed by atoms with Gasteiger partial charge in [0, 0.05) is 13.1 Å². The van der Waals surface area contributed by atoms with Crippen molar-refractivity contribution < 1.29 is 14.3 Å². The van der Waals surface area contributed by atoms with Crippen LogP contribution in [0.2, 0.25) is 0 Å². The summed E-state index contributed by atoms with van der Waals surface area (Å²) in [7, 11) is 0. The first-order valence-corrected chi connectivity index (χ1v) is 11.7. The average Bonchev–Trinajstić information content (AvgIpc) is 2.67. The van der Waals surface area contributed by atoms with Gasteiger partial charge in [-0.2, -0.15) is 0 Å². The smallest absolute Gasteiger partial charge is 0.307 e. The highest BCUT2D eigenvalue weighted by molar-refractivity contribution is 5.84. The summed E-state index contributed by atoms with van der Waals surface area (Å²) >= 11 is 0. The van der Waals surface area contributed by atoms with Gasteiger partial charge in [0.05, 0.1) is 18.4 Å². The van der Waals surface area contributed by atoms with Gasteiger partial charge in [0.15, 0.2) is 0 Å². The monoisotopic (exact) mass is 387 g/mol. The summed E-state index contributed by atoms with van der Waals surface area (Å²) < 4.78 is 5.13. The van der Waals surface area contributed by atoms with E-state index < -0.39 is 0 Å². The molecule has 4 fully saturated rings. The van der Waals surface area contributed by atoms with Crippen LogP contribution in [-0.4, -0.2) is 36.5 Å². The summed E-state index contributed by atoms with van der Waals surface area (Å²) in [4.78, 5) is 27.8. The van der Waals surface area contributed by atoms with Gasteiger partial charge in [-0.05, 0) is 95.3 Å². The van der Waals surface area contributed by atoms with Crippen LogP contribution < -0.4 is 0 Å². The number of allylic oxidation sites excluding steroid dienone is 1. The Bertz CT molecular complexity index is 588. The van der Waals surface area contributed by atoms with Gasteiger partial charge >= 0.3 is 5.97 Å². The van der Waals surface area contributed by atoms with E-state index in [4.69, 9.17) is 4.74 Å². The predicted molar refractivity (Wildman–Crippen MR) is 110 cm³/mol. The fraction of sp³-hybridized carbons (Fsp3) is 0.833. The van der Waals surface area contributed by atoms with Gasteiger partial charge in [-0.15, -0.1) is 0 Å². The van der Waals surface area contributed by atoms with Crippen molar-refractivity contribution in [3.8, 4) is 0 Å². The van der Waals surface area contributed by atoms with Crippen molar-refractivity contribution in [3.05, 3.63) is 11.6 Å². The number of hydrogen-bond acceptors (Lipinski definition) is 3. The highest BCUT2D eigenvalue weighted by Gasteiger charge is 2.55. The standard InChI is InChI=1S/C24H37NO3/c1-2-28-22(26)9-11-25(10-8-18-6-4-3-5-7-18)23(27)24-15-19-12-20(16-24)14-21(13-19)17-24/h6,19-21H,2-5,7-17H2,1H3. The van der Waals surface area contributed by atoms with E-state index >= 15 is 0 Å². The van der Waals surface area contributed by atoms with Crippen molar-refractivity contribution >= 4 is 11.9 Å². The third-order valence-electron chi connectivity index (χ3n) is 7.76. The van der Waals surface area contributed by atoms with Gasteiger partial charge in [0.1, 0.15) is 0 Å². The normalized spacial score (nSPS) is 33.5. The zero-order chi connectivity index (χ0) is 19.6. The van der Waals surface area contributed by atoms with Crippen LogP contribution in [0.3, 0.4) is 0 Å². The van der Waals surface area contributed by atoms with Gasteiger partial charge in [-0.25, -0.2) is 0 Å². The van der Waals surface area contributed by atoms with Gasteiger partial charge in [-0.1, -0.05) is 11.6 Å². The quantitative estimate of drug-likeness (QED) is 0.441. The molecule has 0 N–H and O–H groups in total. The Morgan fingerprint density at radius 3 is 2.32 bits per heavy atom. The van der Waals surface area contributed by atoms with E-state index in [1.165, 1.54) is 50.5 Å². The van der Waals surface area contributed by atoms with E-state index in [2.05, 4.69) is 6.08 Å². The molecule has 0 saturated heterocycles. The second kappa shape index (κ2) is 8.59. The zero-order valence-corrected chi connectivity index (χ0v) is 17.6. The SMILES string of the molecule is CCOC(=O)CCN(CCC1=CCCCC1)C(=O)C12CC3CC(CC(C3)C1)C2. The highest BCUT2D eigenvalue weighted by atomic mass is 16.5. The highest BCUT2D eigenvalue weighted by Crippen LogP contribution is 2.60. The number of carbonyl (C=O) groups excluding carboxylic acids is 2. The summed E-state index contributed by atoms with van der Waals surface area (Å²) in [5.41, 5.74) is 1.38. The summed E-state index contributed by atoms with van der Waals surface area (Å²) in [6, 6.07) is 0. The van der Waals surface area contributed by atoms with E-state index in [1.54, 1.807) is 0 Å². The molecule has 0 aromatic heterocycles. The third kappa shape index (κ3) is 4.31. The van der Waals surface area contributed by atoms with Crippen LogP contribution in [0.25, 0.3) is 0 Å². The molecule has 0 aromatic rings. The van der Waals surface area contributed by atoms with E-state index in [1.807, 2.05) is 11.8 Å². The van der Waals surface area contributed by atoms with Gasteiger partial charge in [-0.3, -0.25) is 9.59 Å². The predicted octanol–water partition coefficient (Wildman–Crippen LogP) is 4.88. The minimum atomic E-state index is -0.178. The lowest BCUT2D eigenvalue weighted by Crippen LogP contribution is -2.55. The second-order valence-electron chi connectivity index (χ2n) is 9.90. The second-order valence-corrected chi connectivity index (χ2v) is 9.90. The summed E-state index contributed by atoms with van der Waals surface area (Å²) in [5, 5.41) is 0.